The normalized spacial score (nSPS) is 23.8. The number of hydrogen-bond donors (Lipinski definition) is 3. The maximum atomic E-state index is 9.04. The quantitative estimate of drug-likeness (QED) is 0.503. The van der Waals surface area contributed by atoms with E-state index in [2.05, 4.69) is 32.0 Å². The fraction of sp³-hybridized carbons (Fsp3) is 0.273. The molecule has 0 spiro atoms. The highest BCUT2D eigenvalue weighted by molar-refractivity contribution is 7.80. The molecule has 2 aromatic heterocycles. The van der Waals surface area contributed by atoms with Gasteiger partial charge in [-0.15, -0.1) is 0 Å². The molecule has 162 valence electrons. The first kappa shape index (κ1) is 20.4. The lowest BCUT2D eigenvalue weighted by Gasteiger charge is -2.20. The Hall–Kier alpha value is -3.52. The summed E-state index contributed by atoms with van der Waals surface area (Å²) >= 11 is 5.44. The first-order valence-electron chi connectivity index (χ1n) is 10.1. The Kier molecular flexibility index (Phi) is 5.68. The molecule has 0 saturated carbocycles. The van der Waals surface area contributed by atoms with Crippen LogP contribution in [0.25, 0.3) is 11.5 Å². The molecule has 0 aliphatic carbocycles. The molecule has 2 aliphatic heterocycles. The van der Waals surface area contributed by atoms with Crippen LogP contribution in [0.3, 0.4) is 0 Å². The molecule has 4 unspecified atom stereocenters. The van der Waals surface area contributed by atoms with E-state index in [9.17, 15) is 0 Å². The standard InChI is InChI=1S/C22H20N6O3S/c23-10-13-3-1-4-14(9-13)25-22(32)28-17-12-31-19-16(11-30-20(17)19)27-21-24-7-6-15(26-21)18-5-2-8-29-18/h1-9,16-17,19-20H,11-12H2,(H,24,26,27)(H2,25,28,32). The molecule has 0 bridgehead atoms. The van der Waals surface area contributed by atoms with E-state index in [1.165, 1.54) is 0 Å². The van der Waals surface area contributed by atoms with Gasteiger partial charge < -0.3 is 29.8 Å². The van der Waals surface area contributed by atoms with E-state index in [0.717, 1.165) is 5.69 Å². The SMILES string of the molecule is N#Cc1cccc(NC(=S)NC2COC3C(Nc4nccc(-c5ccco5)n4)COC23)c1. The average Bonchev–Trinajstić information content (AvgIpc) is 3.55. The van der Waals surface area contributed by atoms with E-state index in [1.54, 1.807) is 36.7 Å². The molecule has 9 nitrogen and oxygen atoms in total. The van der Waals surface area contributed by atoms with Gasteiger partial charge in [0.25, 0.3) is 0 Å². The third kappa shape index (κ3) is 4.27. The van der Waals surface area contributed by atoms with E-state index in [-0.39, 0.29) is 24.3 Å². The van der Waals surface area contributed by atoms with Crippen LogP contribution in [0.15, 0.2) is 59.3 Å². The van der Waals surface area contributed by atoms with Crippen molar-refractivity contribution in [3.63, 3.8) is 0 Å². The molecule has 0 amide bonds. The minimum Gasteiger partial charge on any atom is -0.463 e. The topological polar surface area (TPSA) is 117 Å². The molecule has 5 rings (SSSR count). The molecule has 4 heterocycles. The highest BCUT2D eigenvalue weighted by Crippen LogP contribution is 2.29. The molecule has 4 atom stereocenters. The number of rotatable bonds is 5. The highest BCUT2D eigenvalue weighted by Gasteiger charge is 2.48. The second-order valence-corrected chi connectivity index (χ2v) is 7.90. The Morgan fingerprint density at radius 3 is 2.75 bits per heavy atom. The summed E-state index contributed by atoms with van der Waals surface area (Å²) in [4.78, 5) is 8.84. The van der Waals surface area contributed by atoms with E-state index < -0.39 is 0 Å². The smallest absolute Gasteiger partial charge is 0.223 e. The molecule has 2 aliphatic rings. The number of furan rings is 1. The van der Waals surface area contributed by atoms with Crippen molar-refractivity contribution >= 4 is 29.0 Å². The second-order valence-electron chi connectivity index (χ2n) is 7.49. The van der Waals surface area contributed by atoms with Gasteiger partial charge in [0.1, 0.15) is 17.9 Å². The predicted molar refractivity (Wildman–Crippen MR) is 121 cm³/mol. The largest absolute Gasteiger partial charge is 0.463 e. The molecule has 32 heavy (non-hydrogen) atoms. The van der Waals surface area contributed by atoms with Crippen LogP contribution in [0.4, 0.5) is 11.6 Å². The van der Waals surface area contributed by atoms with Crippen molar-refractivity contribution in [1.29, 1.82) is 5.26 Å². The summed E-state index contributed by atoms with van der Waals surface area (Å²) in [6.45, 7) is 0.924. The Labute approximate surface area is 189 Å². The lowest BCUT2D eigenvalue weighted by molar-refractivity contribution is 0.0689. The molecular formula is C22H20N6O3S. The number of nitrogens with one attached hydrogen (secondary N) is 3. The van der Waals surface area contributed by atoms with Gasteiger partial charge in [0.15, 0.2) is 10.9 Å². The number of benzene rings is 1. The van der Waals surface area contributed by atoms with Crippen LogP contribution in [0.1, 0.15) is 5.56 Å². The van der Waals surface area contributed by atoms with E-state index in [4.69, 9.17) is 31.4 Å². The molecule has 3 N–H and O–H groups in total. The lowest BCUT2D eigenvalue weighted by atomic mass is 10.1. The first-order valence-corrected chi connectivity index (χ1v) is 10.5. The molecule has 3 aromatic rings. The van der Waals surface area contributed by atoms with Crippen molar-refractivity contribution in [3.05, 3.63) is 60.5 Å². The number of thiocarbonyl (C=S) groups is 1. The number of ether oxygens (including phenoxy) is 2. The van der Waals surface area contributed by atoms with Gasteiger partial charge in [-0.05, 0) is 48.6 Å². The van der Waals surface area contributed by atoms with Crippen molar-refractivity contribution in [2.45, 2.75) is 24.3 Å². The van der Waals surface area contributed by atoms with Crippen LogP contribution < -0.4 is 16.0 Å². The number of anilines is 2. The van der Waals surface area contributed by atoms with E-state index >= 15 is 0 Å². The van der Waals surface area contributed by atoms with E-state index in [0.29, 0.717) is 41.3 Å². The highest BCUT2D eigenvalue weighted by atomic mass is 32.1. The Morgan fingerprint density at radius 1 is 1.09 bits per heavy atom. The van der Waals surface area contributed by atoms with Gasteiger partial charge in [-0.1, -0.05) is 6.07 Å². The minimum absolute atomic E-state index is 0.0903. The molecule has 2 fully saturated rings. The van der Waals surface area contributed by atoms with Crippen LogP contribution in [-0.4, -0.2) is 52.6 Å². The summed E-state index contributed by atoms with van der Waals surface area (Å²) in [7, 11) is 0. The third-order valence-corrected chi connectivity index (χ3v) is 5.58. The summed E-state index contributed by atoms with van der Waals surface area (Å²) in [5.74, 6) is 1.17. The Balaban J connectivity index is 1.19. The summed E-state index contributed by atoms with van der Waals surface area (Å²) in [6, 6.07) is 14.5. The van der Waals surface area contributed by atoms with Gasteiger partial charge in [-0.25, -0.2) is 9.97 Å². The molecule has 10 heteroatoms. The van der Waals surface area contributed by atoms with Gasteiger partial charge in [0.05, 0.1) is 43.2 Å². The van der Waals surface area contributed by atoms with Crippen LogP contribution in [0.5, 0.6) is 0 Å². The van der Waals surface area contributed by atoms with Crippen molar-refractivity contribution in [1.82, 2.24) is 15.3 Å². The molecule has 0 radical (unpaired) electrons. The Bertz CT molecular complexity index is 1150. The maximum absolute atomic E-state index is 9.04. The zero-order valence-corrected chi connectivity index (χ0v) is 17.7. The van der Waals surface area contributed by atoms with Crippen molar-refractivity contribution < 1.29 is 13.9 Å². The van der Waals surface area contributed by atoms with Gasteiger partial charge in [0.2, 0.25) is 5.95 Å². The zero-order valence-electron chi connectivity index (χ0n) is 16.9. The van der Waals surface area contributed by atoms with Gasteiger partial charge in [-0.3, -0.25) is 0 Å². The lowest BCUT2D eigenvalue weighted by Crippen LogP contribution is -2.46. The summed E-state index contributed by atoms with van der Waals surface area (Å²) < 4.78 is 17.4. The van der Waals surface area contributed by atoms with Crippen molar-refractivity contribution in [2.75, 3.05) is 23.8 Å². The number of nitrogens with zero attached hydrogens (tertiary/aromatic N) is 3. The molecule has 2 saturated heterocycles. The number of hydrogen-bond acceptors (Lipinski definition) is 8. The molecule has 1 aromatic carbocycles. The van der Waals surface area contributed by atoms with E-state index in [1.807, 2.05) is 18.2 Å². The number of nitriles is 1. The second kappa shape index (κ2) is 8.92. The number of fused-ring (bicyclic) bond motifs is 1. The summed E-state index contributed by atoms with van der Waals surface area (Å²) in [6.07, 6.45) is 2.98. The van der Waals surface area contributed by atoms with Crippen LogP contribution in [0, 0.1) is 11.3 Å². The minimum atomic E-state index is -0.161. The van der Waals surface area contributed by atoms with Gasteiger partial charge >= 0.3 is 0 Å². The van der Waals surface area contributed by atoms with Gasteiger partial charge in [0, 0.05) is 11.9 Å². The third-order valence-electron chi connectivity index (χ3n) is 5.36. The first-order chi connectivity index (χ1) is 15.7. The Morgan fingerprint density at radius 2 is 1.94 bits per heavy atom. The number of aromatic nitrogens is 2. The van der Waals surface area contributed by atoms with Crippen LogP contribution >= 0.6 is 12.2 Å². The zero-order chi connectivity index (χ0) is 21.9. The molecular weight excluding hydrogens is 428 g/mol. The average molecular weight is 449 g/mol. The summed E-state index contributed by atoms with van der Waals surface area (Å²) in [5, 5.41) is 19.2. The summed E-state index contributed by atoms with van der Waals surface area (Å²) in [5.41, 5.74) is 2.01. The monoisotopic (exact) mass is 448 g/mol. The van der Waals surface area contributed by atoms with Crippen LogP contribution in [0.2, 0.25) is 0 Å². The van der Waals surface area contributed by atoms with Gasteiger partial charge in [-0.2, -0.15) is 5.26 Å². The predicted octanol–water partition coefficient (Wildman–Crippen LogP) is 2.54. The fourth-order valence-corrected chi connectivity index (χ4v) is 4.17. The maximum Gasteiger partial charge on any atom is 0.223 e. The fourth-order valence-electron chi connectivity index (χ4n) is 3.90. The van der Waals surface area contributed by atoms with Crippen LogP contribution in [-0.2, 0) is 9.47 Å². The van der Waals surface area contributed by atoms with Crippen molar-refractivity contribution in [2.24, 2.45) is 0 Å². The van der Waals surface area contributed by atoms with Crippen molar-refractivity contribution in [3.8, 4) is 17.5 Å².